The van der Waals surface area contributed by atoms with E-state index in [0.29, 0.717) is 5.69 Å². The van der Waals surface area contributed by atoms with Gasteiger partial charge in [-0.2, -0.15) is 5.10 Å². The molecule has 120 valence electrons. The quantitative estimate of drug-likeness (QED) is 0.798. The number of carbonyl (C=O) groups excluding carboxylic acids is 1. The number of hydrogen-bond donors (Lipinski definition) is 1. The van der Waals surface area contributed by atoms with Crippen molar-refractivity contribution in [3.8, 4) is 0 Å². The molecule has 0 fully saturated rings. The van der Waals surface area contributed by atoms with Crippen LogP contribution < -0.4 is 5.32 Å². The van der Waals surface area contributed by atoms with E-state index >= 15 is 0 Å². The Balaban J connectivity index is 1.89. The highest BCUT2D eigenvalue weighted by atomic mass is 16.2. The summed E-state index contributed by atoms with van der Waals surface area (Å²) in [6.07, 6.45) is 5.12. The van der Waals surface area contributed by atoms with Crippen molar-refractivity contribution < 1.29 is 4.79 Å². The van der Waals surface area contributed by atoms with E-state index in [9.17, 15) is 4.79 Å². The van der Waals surface area contributed by atoms with Gasteiger partial charge in [-0.1, -0.05) is 19.9 Å². The molecule has 0 aliphatic rings. The Kier molecular flexibility index (Phi) is 3.85. The average molecular weight is 312 g/mol. The van der Waals surface area contributed by atoms with Gasteiger partial charge in [-0.05, 0) is 24.5 Å². The third kappa shape index (κ3) is 2.81. The van der Waals surface area contributed by atoms with E-state index in [2.05, 4.69) is 20.4 Å². The summed E-state index contributed by atoms with van der Waals surface area (Å²) < 4.78 is 3.54. The average Bonchev–Trinajstić information content (AvgIpc) is 3.11. The lowest BCUT2D eigenvalue weighted by atomic mass is 10.0. The topological polar surface area (TPSA) is 77.1 Å². The number of aryl methyl sites for hydroxylation is 2. The zero-order valence-corrected chi connectivity index (χ0v) is 13.7. The van der Waals surface area contributed by atoms with Crippen molar-refractivity contribution in [2.24, 2.45) is 13.0 Å². The minimum Gasteiger partial charge on any atom is -0.340 e. The monoisotopic (exact) mass is 312 g/mol. The summed E-state index contributed by atoms with van der Waals surface area (Å²) >= 11 is 0. The molecule has 0 unspecified atom stereocenters. The molecule has 3 rings (SSSR count). The second-order valence-electron chi connectivity index (χ2n) is 5.99. The SMILES string of the molecule is Cc1cccn2cc(C(=O)N[C@@H](c3ncnn3C)C(C)C)nc12. The highest BCUT2D eigenvalue weighted by molar-refractivity contribution is 5.93. The van der Waals surface area contributed by atoms with Gasteiger partial charge >= 0.3 is 0 Å². The lowest BCUT2D eigenvalue weighted by molar-refractivity contribution is 0.0917. The van der Waals surface area contributed by atoms with Gasteiger partial charge in [-0.25, -0.2) is 9.97 Å². The molecule has 0 aliphatic heterocycles. The Hall–Kier alpha value is -2.70. The van der Waals surface area contributed by atoms with Gasteiger partial charge in [0.1, 0.15) is 23.5 Å². The highest BCUT2D eigenvalue weighted by Gasteiger charge is 2.24. The summed E-state index contributed by atoms with van der Waals surface area (Å²) in [5, 5.41) is 7.10. The largest absolute Gasteiger partial charge is 0.340 e. The van der Waals surface area contributed by atoms with Crippen molar-refractivity contribution in [3.63, 3.8) is 0 Å². The van der Waals surface area contributed by atoms with Gasteiger partial charge in [0, 0.05) is 19.4 Å². The number of fused-ring (bicyclic) bond motifs is 1. The van der Waals surface area contributed by atoms with Crippen LogP contribution >= 0.6 is 0 Å². The molecule has 3 aromatic rings. The Morgan fingerprint density at radius 1 is 1.35 bits per heavy atom. The zero-order valence-electron chi connectivity index (χ0n) is 13.7. The number of nitrogens with one attached hydrogen (secondary N) is 1. The fourth-order valence-corrected chi connectivity index (χ4v) is 2.59. The number of pyridine rings is 1. The Bertz CT molecular complexity index is 847. The van der Waals surface area contributed by atoms with Crippen molar-refractivity contribution in [3.05, 3.63) is 47.9 Å². The van der Waals surface area contributed by atoms with Crippen LogP contribution in [-0.2, 0) is 7.05 Å². The molecule has 3 aromatic heterocycles. The predicted molar refractivity (Wildman–Crippen MR) is 86.0 cm³/mol. The number of amides is 1. The second kappa shape index (κ2) is 5.83. The van der Waals surface area contributed by atoms with Crippen molar-refractivity contribution in [2.75, 3.05) is 0 Å². The summed E-state index contributed by atoms with van der Waals surface area (Å²) in [5.41, 5.74) is 2.21. The molecule has 1 atom stereocenters. The van der Waals surface area contributed by atoms with Gasteiger partial charge in [0.05, 0.1) is 6.04 Å². The molecule has 0 spiro atoms. The van der Waals surface area contributed by atoms with E-state index in [4.69, 9.17) is 0 Å². The number of rotatable bonds is 4. The second-order valence-corrected chi connectivity index (χ2v) is 5.99. The number of imidazole rings is 1. The predicted octanol–water partition coefficient (Wildman–Crippen LogP) is 1.90. The fourth-order valence-electron chi connectivity index (χ4n) is 2.59. The summed E-state index contributed by atoms with van der Waals surface area (Å²) in [5.74, 6) is 0.698. The van der Waals surface area contributed by atoms with Crippen LogP contribution in [0.25, 0.3) is 5.65 Å². The molecule has 0 bridgehead atoms. The lowest BCUT2D eigenvalue weighted by Crippen LogP contribution is -2.33. The van der Waals surface area contributed by atoms with E-state index in [1.54, 1.807) is 10.9 Å². The first-order valence-electron chi connectivity index (χ1n) is 7.56. The van der Waals surface area contributed by atoms with Crippen molar-refractivity contribution in [1.82, 2.24) is 29.5 Å². The van der Waals surface area contributed by atoms with Crippen LogP contribution in [0.3, 0.4) is 0 Å². The summed E-state index contributed by atoms with van der Waals surface area (Å²) in [7, 11) is 1.82. The van der Waals surface area contributed by atoms with Crippen molar-refractivity contribution in [2.45, 2.75) is 26.8 Å². The van der Waals surface area contributed by atoms with E-state index in [1.165, 1.54) is 6.33 Å². The van der Waals surface area contributed by atoms with Gasteiger partial charge in [0.25, 0.3) is 5.91 Å². The van der Waals surface area contributed by atoms with Crippen LogP contribution in [0.15, 0.2) is 30.9 Å². The Morgan fingerprint density at radius 2 is 2.13 bits per heavy atom. The van der Waals surface area contributed by atoms with Gasteiger partial charge < -0.3 is 9.72 Å². The van der Waals surface area contributed by atoms with Crippen LogP contribution in [0.4, 0.5) is 0 Å². The minimum atomic E-state index is -0.221. The first-order valence-corrected chi connectivity index (χ1v) is 7.56. The molecule has 1 amide bonds. The molecule has 0 radical (unpaired) electrons. The number of hydrogen-bond acceptors (Lipinski definition) is 4. The molecular formula is C16H20N6O. The Labute approximate surface area is 134 Å². The van der Waals surface area contributed by atoms with E-state index in [-0.39, 0.29) is 17.9 Å². The van der Waals surface area contributed by atoms with Crippen molar-refractivity contribution in [1.29, 1.82) is 0 Å². The van der Waals surface area contributed by atoms with E-state index in [0.717, 1.165) is 17.0 Å². The van der Waals surface area contributed by atoms with Crippen molar-refractivity contribution >= 4 is 11.6 Å². The van der Waals surface area contributed by atoms with E-state index < -0.39 is 0 Å². The standard InChI is InChI=1S/C16H20N6O/c1-10(2)13(15-17-9-18-21(15)4)20-16(23)12-8-22-7-5-6-11(3)14(22)19-12/h5-10,13H,1-4H3,(H,20,23)/t13-/m1/s1. The molecule has 7 heteroatoms. The third-order valence-corrected chi connectivity index (χ3v) is 3.89. The highest BCUT2D eigenvalue weighted by Crippen LogP contribution is 2.20. The number of nitrogens with zero attached hydrogens (tertiary/aromatic N) is 5. The van der Waals surface area contributed by atoms with Crippen LogP contribution in [0, 0.1) is 12.8 Å². The zero-order chi connectivity index (χ0) is 16.6. The summed E-state index contributed by atoms with van der Waals surface area (Å²) in [6.45, 7) is 6.04. The summed E-state index contributed by atoms with van der Waals surface area (Å²) in [4.78, 5) is 21.3. The fraction of sp³-hybridized carbons (Fsp3) is 0.375. The molecule has 7 nitrogen and oxygen atoms in total. The molecule has 0 aliphatic carbocycles. The first kappa shape index (κ1) is 15.2. The van der Waals surface area contributed by atoms with Crippen LogP contribution in [0.5, 0.6) is 0 Å². The van der Waals surface area contributed by atoms with E-state index in [1.807, 2.05) is 50.5 Å². The van der Waals surface area contributed by atoms with Gasteiger partial charge in [0.15, 0.2) is 0 Å². The van der Waals surface area contributed by atoms with Gasteiger partial charge in [0.2, 0.25) is 0 Å². The maximum absolute atomic E-state index is 12.6. The molecule has 0 saturated carbocycles. The number of aromatic nitrogens is 5. The smallest absolute Gasteiger partial charge is 0.272 e. The molecule has 3 heterocycles. The Morgan fingerprint density at radius 3 is 2.74 bits per heavy atom. The van der Waals surface area contributed by atoms with Gasteiger partial charge in [-0.3, -0.25) is 9.48 Å². The molecule has 0 saturated heterocycles. The summed E-state index contributed by atoms with van der Waals surface area (Å²) in [6, 6.07) is 3.68. The van der Waals surface area contributed by atoms with Crippen LogP contribution in [-0.4, -0.2) is 30.1 Å². The van der Waals surface area contributed by atoms with Gasteiger partial charge in [-0.15, -0.1) is 0 Å². The van der Waals surface area contributed by atoms with Crippen LogP contribution in [0.2, 0.25) is 0 Å². The molecular weight excluding hydrogens is 292 g/mol. The normalized spacial score (nSPS) is 12.7. The third-order valence-electron chi connectivity index (χ3n) is 3.89. The molecule has 1 N–H and O–H groups in total. The molecule has 23 heavy (non-hydrogen) atoms. The first-order chi connectivity index (χ1) is 11.0. The van der Waals surface area contributed by atoms with Crippen LogP contribution in [0.1, 0.15) is 41.8 Å². The minimum absolute atomic E-state index is 0.181. The number of carbonyl (C=O) groups is 1. The lowest BCUT2D eigenvalue weighted by Gasteiger charge is -2.20. The maximum atomic E-state index is 12.6. The molecule has 0 aromatic carbocycles. The maximum Gasteiger partial charge on any atom is 0.272 e.